The van der Waals surface area contributed by atoms with Crippen LogP contribution in [0.15, 0.2) is 48.5 Å². The topological polar surface area (TPSA) is 93.0 Å². The fraction of sp³-hybridized carbons (Fsp3) is 0.400. The summed E-state index contributed by atoms with van der Waals surface area (Å²) in [5, 5.41) is 15.7. The van der Waals surface area contributed by atoms with Gasteiger partial charge in [0.15, 0.2) is 0 Å². The van der Waals surface area contributed by atoms with E-state index in [9.17, 15) is 9.59 Å². The quantitative estimate of drug-likeness (QED) is 0.580. The van der Waals surface area contributed by atoms with E-state index in [4.69, 9.17) is 11.6 Å². The van der Waals surface area contributed by atoms with Crippen molar-refractivity contribution < 1.29 is 9.59 Å². The summed E-state index contributed by atoms with van der Waals surface area (Å²) in [4.78, 5) is 29.6. The highest BCUT2D eigenvalue weighted by molar-refractivity contribution is 6.30. The fourth-order valence-corrected chi connectivity index (χ4v) is 4.43. The van der Waals surface area contributed by atoms with E-state index in [-0.39, 0.29) is 17.7 Å². The second kappa shape index (κ2) is 10.3. The van der Waals surface area contributed by atoms with Crippen LogP contribution in [0.25, 0.3) is 11.4 Å². The molecule has 4 rings (SSSR count). The van der Waals surface area contributed by atoms with Crippen LogP contribution in [0.3, 0.4) is 0 Å². The Bertz CT molecular complexity index is 1150. The maximum Gasteiger partial charge on any atom is 0.251 e. The highest BCUT2D eigenvalue weighted by atomic mass is 35.5. The number of piperidine rings is 1. The van der Waals surface area contributed by atoms with Crippen LogP contribution in [0, 0.1) is 5.92 Å². The van der Waals surface area contributed by atoms with Gasteiger partial charge >= 0.3 is 0 Å². The van der Waals surface area contributed by atoms with E-state index in [1.807, 2.05) is 36.9 Å². The molecule has 0 aliphatic carbocycles. The zero-order valence-corrected chi connectivity index (χ0v) is 20.4. The first-order chi connectivity index (χ1) is 16.3. The van der Waals surface area contributed by atoms with Crippen molar-refractivity contribution in [3.05, 3.63) is 64.7 Å². The number of benzene rings is 2. The maximum absolute atomic E-state index is 13.3. The predicted octanol–water partition coefficient (Wildman–Crippen LogP) is 3.69. The summed E-state index contributed by atoms with van der Waals surface area (Å²) in [6.45, 7) is 5.23. The highest BCUT2D eigenvalue weighted by Crippen LogP contribution is 2.29. The molecular formula is C25H29ClN6O2. The van der Waals surface area contributed by atoms with Gasteiger partial charge in [-0.05, 0) is 59.7 Å². The van der Waals surface area contributed by atoms with Crippen LogP contribution in [-0.2, 0) is 11.8 Å². The lowest BCUT2D eigenvalue weighted by Crippen LogP contribution is -2.52. The van der Waals surface area contributed by atoms with E-state index in [2.05, 4.69) is 32.9 Å². The smallest absolute Gasteiger partial charge is 0.251 e. The molecule has 2 aromatic carbocycles. The van der Waals surface area contributed by atoms with Gasteiger partial charge in [0.05, 0.1) is 7.05 Å². The van der Waals surface area contributed by atoms with E-state index in [1.165, 1.54) is 10.4 Å². The Balaban J connectivity index is 1.41. The molecule has 1 N–H and O–H groups in total. The van der Waals surface area contributed by atoms with Crippen molar-refractivity contribution in [1.82, 2.24) is 30.4 Å². The molecule has 0 unspecified atom stereocenters. The third-order valence-electron chi connectivity index (χ3n) is 6.26. The van der Waals surface area contributed by atoms with Gasteiger partial charge in [0, 0.05) is 29.2 Å². The molecule has 1 aliphatic rings. The Morgan fingerprint density at radius 2 is 1.79 bits per heavy atom. The molecule has 1 aliphatic heterocycles. The zero-order chi connectivity index (χ0) is 24.2. The molecule has 1 aromatic heterocycles. The number of nitrogens with one attached hydrogen (secondary N) is 1. The summed E-state index contributed by atoms with van der Waals surface area (Å²) in [6.07, 6.45) is 1.78. The summed E-state index contributed by atoms with van der Waals surface area (Å²) in [5.74, 6) is 0.469. The largest absolute Gasteiger partial charge is 0.341 e. The van der Waals surface area contributed by atoms with Gasteiger partial charge in [-0.1, -0.05) is 49.7 Å². The summed E-state index contributed by atoms with van der Waals surface area (Å²) in [5.41, 5.74) is 2.39. The van der Waals surface area contributed by atoms with Crippen LogP contribution in [0.2, 0.25) is 5.02 Å². The fourth-order valence-electron chi connectivity index (χ4n) is 4.30. The Morgan fingerprint density at radius 1 is 1.09 bits per heavy atom. The molecule has 1 atom stereocenters. The first-order valence-corrected chi connectivity index (χ1v) is 11.9. The molecule has 0 bridgehead atoms. The first-order valence-electron chi connectivity index (χ1n) is 11.5. The first kappa shape index (κ1) is 23.9. The van der Waals surface area contributed by atoms with Crippen molar-refractivity contribution in [1.29, 1.82) is 0 Å². The van der Waals surface area contributed by atoms with Crippen molar-refractivity contribution in [3.8, 4) is 11.4 Å². The van der Waals surface area contributed by atoms with E-state index in [0.717, 1.165) is 17.9 Å². The van der Waals surface area contributed by atoms with Crippen LogP contribution < -0.4 is 5.32 Å². The molecule has 34 heavy (non-hydrogen) atoms. The average molecular weight is 481 g/mol. The van der Waals surface area contributed by atoms with Gasteiger partial charge in [-0.2, -0.15) is 4.80 Å². The molecule has 2 heterocycles. The van der Waals surface area contributed by atoms with Crippen molar-refractivity contribution in [2.75, 3.05) is 13.1 Å². The number of nitrogens with zero attached hydrogens (tertiary/aromatic N) is 5. The van der Waals surface area contributed by atoms with Crippen LogP contribution in [0.1, 0.15) is 48.5 Å². The number of carbonyl (C=O) groups excluding carboxylic acids is 2. The molecule has 0 radical (unpaired) electrons. The molecule has 1 fully saturated rings. The van der Waals surface area contributed by atoms with Gasteiger partial charge in [-0.3, -0.25) is 9.59 Å². The lowest BCUT2D eigenvalue weighted by Gasteiger charge is -2.35. The lowest BCUT2D eigenvalue weighted by atomic mass is 9.89. The standard InChI is InChI=1S/C25H29ClN6O2/c1-16(2)22(25(34)32-13-11-18(12-14-32)17-7-9-21(26)10-8-17)27-24(33)20-6-4-5-19(15-20)23-28-30-31(3)29-23/h4-10,15-16,18,22H,11-14H2,1-3H3,(H,27,33)/t22-/m1/s1. The number of halogens is 1. The lowest BCUT2D eigenvalue weighted by molar-refractivity contribution is -0.135. The molecule has 0 saturated carbocycles. The number of aryl methyl sites for hydroxylation is 1. The maximum atomic E-state index is 13.3. The molecule has 1 saturated heterocycles. The monoisotopic (exact) mass is 480 g/mol. The predicted molar refractivity (Wildman–Crippen MR) is 130 cm³/mol. The molecule has 2 amide bonds. The minimum atomic E-state index is -0.599. The van der Waals surface area contributed by atoms with E-state index < -0.39 is 6.04 Å². The zero-order valence-electron chi connectivity index (χ0n) is 19.6. The Labute approximate surface area is 204 Å². The van der Waals surface area contributed by atoms with Gasteiger partial charge in [-0.15, -0.1) is 10.2 Å². The minimum Gasteiger partial charge on any atom is -0.341 e. The van der Waals surface area contributed by atoms with Crippen molar-refractivity contribution >= 4 is 23.4 Å². The molecule has 9 heteroatoms. The minimum absolute atomic E-state index is 0.0374. The van der Waals surface area contributed by atoms with Crippen molar-refractivity contribution in [2.45, 2.75) is 38.6 Å². The second-order valence-corrected chi connectivity index (χ2v) is 9.47. The number of carbonyl (C=O) groups is 2. The molecule has 0 spiro atoms. The summed E-state index contributed by atoms with van der Waals surface area (Å²) >= 11 is 6.01. The summed E-state index contributed by atoms with van der Waals surface area (Å²) in [7, 11) is 1.68. The number of tetrazole rings is 1. The third-order valence-corrected chi connectivity index (χ3v) is 6.51. The highest BCUT2D eigenvalue weighted by Gasteiger charge is 2.31. The normalized spacial score (nSPS) is 15.4. The van der Waals surface area contributed by atoms with Gasteiger partial charge in [0.1, 0.15) is 6.04 Å². The van der Waals surface area contributed by atoms with E-state index in [1.54, 1.807) is 25.2 Å². The Morgan fingerprint density at radius 3 is 2.41 bits per heavy atom. The van der Waals surface area contributed by atoms with Crippen LogP contribution in [0.5, 0.6) is 0 Å². The number of aromatic nitrogens is 4. The number of likely N-dealkylation sites (tertiary alicyclic amines) is 1. The number of hydrogen-bond donors (Lipinski definition) is 1. The van der Waals surface area contributed by atoms with Crippen LogP contribution >= 0.6 is 11.6 Å². The number of hydrogen-bond acceptors (Lipinski definition) is 5. The van der Waals surface area contributed by atoms with E-state index in [0.29, 0.717) is 36.0 Å². The molecule has 178 valence electrons. The summed E-state index contributed by atoms with van der Waals surface area (Å²) < 4.78 is 0. The second-order valence-electron chi connectivity index (χ2n) is 9.03. The average Bonchev–Trinajstić information content (AvgIpc) is 3.29. The van der Waals surface area contributed by atoms with Gasteiger partial charge < -0.3 is 10.2 Å². The SMILES string of the molecule is CC(C)[C@@H](NC(=O)c1cccc(-c2nnn(C)n2)c1)C(=O)N1CCC(c2ccc(Cl)cc2)CC1. The van der Waals surface area contributed by atoms with Crippen LogP contribution in [-0.4, -0.2) is 56.1 Å². The van der Waals surface area contributed by atoms with Gasteiger partial charge in [0.2, 0.25) is 11.7 Å². The molecule has 8 nitrogen and oxygen atoms in total. The van der Waals surface area contributed by atoms with E-state index >= 15 is 0 Å². The third kappa shape index (κ3) is 5.44. The molecular weight excluding hydrogens is 452 g/mol. The molecule has 3 aromatic rings. The Hall–Kier alpha value is -3.26. The van der Waals surface area contributed by atoms with Crippen LogP contribution in [0.4, 0.5) is 0 Å². The number of amides is 2. The number of rotatable bonds is 6. The van der Waals surface area contributed by atoms with Crippen molar-refractivity contribution in [2.24, 2.45) is 13.0 Å². The Kier molecular flexibility index (Phi) is 7.26. The van der Waals surface area contributed by atoms with Crippen molar-refractivity contribution in [3.63, 3.8) is 0 Å². The van der Waals surface area contributed by atoms with Gasteiger partial charge in [-0.25, -0.2) is 0 Å². The van der Waals surface area contributed by atoms with Gasteiger partial charge in [0.25, 0.3) is 5.91 Å². The summed E-state index contributed by atoms with van der Waals surface area (Å²) in [6, 6.07) is 14.4.